The second-order valence-corrected chi connectivity index (χ2v) is 6.51. The number of rotatable bonds is 6. The smallest absolute Gasteiger partial charge is 0.343 e. The zero-order valence-corrected chi connectivity index (χ0v) is 17.7. The van der Waals surface area contributed by atoms with Gasteiger partial charge in [0.1, 0.15) is 17.1 Å². The second-order valence-electron chi connectivity index (χ2n) is 6.51. The lowest BCUT2D eigenvalue weighted by Crippen LogP contribution is -2.08. The third kappa shape index (κ3) is 5.44. The predicted octanol–water partition coefficient (Wildman–Crippen LogP) is 5.66. The fourth-order valence-corrected chi connectivity index (χ4v) is 2.75. The molecule has 0 unspecified atom stereocenters. The molecule has 0 bridgehead atoms. The molecular weight excluding hydrogens is 440 g/mol. The molecule has 0 aromatic heterocycles. The quantitative estimate of drug-likeness (QED) is 0.157. The van der Waals surface area contributed by atoms with Gasteiger partial charge in [0, 0.05) is 5.56 Å². The van der Waals surface area contributed by atoms with Gasteiger partial charge >= 0.3 is 5.97 Å². The molecular formula is C25H18F4O4. The molecule has 0 fully saturated rings. The van der Waals surface area contributed by atoms with Crippen molar-refractivity contribution in [1.82, 2.24) is 0 Å². The van der Waals surface area contributed by atoms with Crippen molar-refractivity contribution in [3.8, 4) is 29.1 Å². The van der Waals surface area contributed by atoms with Gasteiger partial charge in [0.15, 0.2) is 17.4 Å². The normalized spacial score (nSPS) is 10.2. The van der Waals surface area contributed by atoms with Crippen LogP contribution < -0.4 is 14.2 Å². The van der Waals surface area contributed by atoms with Gasteiger partial charge in [0.2, 0.25) is 11.6 Å². The van der Waals surface area contributed by atoms with Gasteiger partial charge in [-0.2, -0.15) is 8.78 Å². The Balaban J connectivity index is 1.76. The fourth-order valence-electron chi connectivity index (χ4n) is 2.75. The van der Waals surface area contributed by atoms with Gasteiger partial charge in [-0.15, -0.1) is 0 Å². The first-order chi connectivity index (χ1) is 15.8. The van der Waals surface area contributed by atoms with Crippen molar-refractivity contribution in [2.75, 3.05) is 13.2 Å². The van der Waals surface area contributed by atoms with Gasteiger partial charge in [-0.05, 0) is 62.4 Å². The van der Waals surface area contributed by atoms with Crippen LogP contribution in [0.2, 0.25) is 0 Å². The molecule has 3 rings (SSSR count). The topological polar surface area (TPSA) is 44.8 Å². The van der Waals surface area contributed by atoms with Crippen LogP contribution in [-0.4, -0.2) is 19.2 Å². The maximum Gasteiger partial charge on any atom is 0.343 e. The number of hydrogen-bond donors (Lipinski definition) is 0. The maximum absolute atomic E-state index is 14.1. The Bertz CT molecular complexity index is 1180. The lowest BCUT2D eigenvalue weighted by Gasteiger charge is -2.09. The van der Waals surface area contributed by atoms with E-state index >= 15 is 0 Å². The number of hydrogen-bond acceptors (Lipinski definition) is 4. The molecule has 0 N–H and O–H groups in total. The SMILES string of the molecule is CCOc1ccc(OC(=O)c2ccc(C#Cc3c(F)c(F)c(OCC)c(F)c3F)cc2)cc1. The highest BCUT2D eigenvalue weighted by molar-refractivity contribution is 5.91. The monoisotopic (exact) mass is 458 g/mol. The van der Waals surface area contributed by atoms with Crippen LogP contribution in [0.15, 0.2) is 48.5 Å². The largest absolute Gasteiger partial charge is 0.494 e. The molecule has 0 aliphatic rings. The average Bonchev–Trinajstić information content (AvgIpc) is 2.82. The van der Waals surface area contributed by atoms with Crippen molar-refractivity contribution in [3.63, 3.8) is 0 Å². The molecule has 8 heteroatoms. The van der Waals surface area contributed by atoms with E-state index in [-0.39, 0.29) is 17.7 Å². The number of carbonyl (C=O) groups is 1. The van der Waals surface area contributed by atoms with Crippen LogP contribution in [0.5, 0.6) is 17.2 Å². The minimum Gasteiger partial charge on any atom is -0.494 e. The molecule has 170 valence electrons. The van der Waals surface area contributed by atoms with Gasteiger partial charge in [-0.1, -0.05) is 11.8 Å². The Labute approximate surface area is 187 Å². The molecule has 0 amide bonds. The van der Waals surface area contributed by atoms with Crippen molar-refractivity contribution >= 4 is 5.97 Å². The first-order valence-electron chi connectivity index (χ1n) is 9.91. The number of esters is 1. The molecule has 0 saturated carbocycles. The van der Waals surface area contributed by atoms with Crippen molar-refractivity contribution in [1.29, 1.82) is 0 Å². The Morgan fingerprint density at radius 3 is 1.82 bits per heavy atom. The fraction of sp³-hybridized carbons (Fsp3) is 0.160. The van der Waals surface area contributed by atoms with Crippen LogP contribution in [0.25, 0.3) is 0 Å². The summed E-state index contributed by atoms with van der Waals surface area (Å²) in [6.45, 7) is 3.60. The van der Waals surface area contributed by atoms with E-state index in [9.17, 15) is 22.4 Å². The van der Waals surface area contributed by atoms with Crippen LogP contribution in [0.4, 0.5) is 17.6 Å². The lowest BCUT2D eigenvalue weighted by atomic mass is 10.1. The summed E-state index contributed by atoms with van der Waals surface area (Å²) in [4.78, 5) is 12.3. The van der Waals surface area contributed by atoms with Gasteiger partial charge in [0.05, 0.1) is 18.8 Å². The maximum atomic E-state index is 14.1. The third-order valence-electron chi connectivity index (χ3n) is 4.31. The number of benzene rings is 3. The molecule has 0 radical (unpaired) electrons. The van der Waals surface area contributed by atoms with Gasteiger partial charge in [-0.3, -0.25) is 0 Å². The minimum atomic E-state index is -1.66. The van der Waals surface area contributed by atoms with Crippen molar-refractivity contribution < 1.29 is 36.6 Å². The van der Waals surface area contributed by atoms with Crippen LogP contribution in [0, 0.1) is 35.1 Å². The molecule has 33 heavy (non-hydrogen) atoms. The summed E-state index contributed by atoms with van der Waals surface area (Å²) in [6.07, 6.45) is 0. The number of halogens is 4. The zero-order valence-electron chi connectivity index (χ0n) is 17.7. The van der Waals surface area contributed by atoms with E-state index in [2.05, 4.69) is 16.6 Å². The molecule has 0 aliphatic carbocycles. The molecule has 0 heterocycles. The highest BCUT2D eigenvalue weighted by Gasteiger charge is 2.25. The molecule has 0 aliphatic heterocycles. The van der Waals surface area contributed by atoms with E-state index in [1.807, 2.05) is 6.92 Å². The Morgan fingerprint density at radius 2 is 1.27 bits per heavy atom. The summed E-state index contributed by atoms with van der Waals surface area (Å²) in [5.74, 6) is -2.93. The molecule has 0 saturated heterocycles. The highest BCUT2D eigenvalue weighted by Crippen LogP contribution is 2.29. The lowest BCUT2D eigenvalue weighted by molar-refractivity contribution is 0.0734. The van der Waals surface area contributed by atoms with Crippen LogP contribution >= 0.6 is 0 Å². The van der Waals surface area contributed by atoms with Crippen LogP contribution in [0.1, 0.15) is 35.3 Å². The van der Waals surface area contributed by atoms with E-state index in [1.54, 1.807) is 24.3 Å². The third-order valence-corrected chi connectivity index (χ3v) is 4.31. The van der Waals surface area contributed by atoms with Gasteiger partial charge < -0.3 is 14.2 Å². The van der Waals surface area contributed by atoms with Crippen molar-refractivity contribution in [2.45, 2.75) is 13.8 Å². The van der Waals surface area contributed by atoms with Crippen molar-refractivity contribution in [3.05, 3.63) is 88.5 Å². The van der Waals surface area contributed by atoms with Crippen LogP contribution in [0.3, 0.4) is 0 Å². The van der Waals surface area contributed by atoms with Crippen LogP contribution in [-0.2, 0) is 0 Å². The second kappa shape index (κ2) is 10.6. The summed E-state index contributed by atoms with van der Waals surface area (Å²) in [5, 5.41) is 0. The summed E-state index contributed by atoms with van der Waals surface area (Å²) in [7, 11) is 0. The van der Waals surface area contributed by atoms with E-state index in [4.69, 9.17) is 9.47 Å². The number of carbonyl (C=O) groups excluding carboxylic acids is 1. The predicted molar refractivity (Wildman–Crippen MR) is 112 cm³/mol. The molecule has 3 aromatic carbocycles. The van der Waals surface area contributed by atoms with E-state index in [0.717, 1.165) is 0 Å². The summed E-state index contributed by atoms with van der Waals surface area (Å²) < 4.78 is 71.4. The minimum absolute atomic E-state index is 0.175. The Hall–Kier alpha value is -3.99. The molecule has 4 nitrogen and oxygen atoms in total. The van der Waals surface area contributed by atoms with Crippen molar-refractivity contribution in [2.24, 2.45) is 0 Å². The average molecular weight is 458 g/mol. The number of ether oxygens (including phenoxy) is 3. The summed E-state index contributed by atoms with van der Waals surface area (Å²) in [5.41, 5.74) is -0.612. The van der Waals surface area contributed by atoms with E-state index in [1.165, 1.54) is 31.2 Å². The first kappa shape index (κ1) is 23.7. The van der Waals surface area contributed by atoms with E-state index in [0.29, 0.717) is 18.1 Å². The summed E-state index contributed by atoms with van der Waals surface area (Å²) in [6, 6.07) is 12.1. The molecule has 0 spiro atoms. The highest BCUT2D eigenvalue weighted by atomic mass is 19.2. The molecule has 3 aromatic rings. The standard InChI is InChI=1S/C25H18F4O4/c1-3-31-17-10-12-18(13-11-17)33-25(30)16-8-5-15(6-9-16)7-14-19-20(26)22(28)24(32-4-2)23(29)21(19)27/h5-6,8-13H,3-4H2,1-2H3. The summed E-state index contributed by atoms with van der Waals surface area (Å²) >= 11 is 0. The van der Waals surface area contributed by atoms with E-state index < -0.39 is 40.6 Å². The molecule has 0 atom stereocenters. The van der Waals surface area contributed by atoms with Gasteiger partial charge in [-0.25, -0.2) is 13.6 Å². The first-order valence-corrected chi connectivity index (χ1v) is 9.91. The Kier molecular flexibility index (Phi) is 7.57. The Morgan fingerprint density at radius 1 is 0.727 bits per heavy atom. The zero-order chi connectivity index (χ0) is 24.0. The van der Waals surface area contributed by atoms with Gasteiger partial charge in [0.25, 0.3) is 0 Å².